The fourth-order valence-corrected chi connectivity index (χ4v) is 6.71. The van der Waals surface area contributed by atoms with Crippen molar-refractivity contribution in [1.82, 2.24) is 0 Å². The number of hydrogen-bond donors (Lipinski definition) is 0. The van der Waals surface area contributed by atoms with Gasteiger partial charge in [0, 0.05) is 36.4 Å². The number of hydrogen-bond acceptors (Lipinski definition) is 18. The maximum Gasteiger partial charge on any atom is 0.347 e. The topological polar surface area (TPSA) is 213 Å². The summed E-state index contributed by atoms with van der Waals surface area (Å²) in [7, 11) is 0. The number of carbonyl (C=O) groups excluding carboxylic acids is 6. The maximum atomic E-state index is 13.6. The average molecular weight is 911 g/mol. The molecule has 0 spiro atoms. The average Bonchev–Trinajstić information content (AvgIpc) is 3.89. The molecule has 2 saturated heterocycles. The number of rotatable bonds is 20. The van der Waals surface area contributed by atoms with Crippen molar-refractivity contribution in [2.45, 2.75) is 52.1 Å². The zero-order chi connectivity index (χ0) is 47.3. The highest BCUT2D eigenvalue weighted by Gasteiger charge is 2.51. The highest BCUT2D eigenvalue weighted by Crippen LogP contribution is 2.35. The second kappa shape index (κ2) is 22.3. The number of esters is 6. The van der Waals surface area contributed by atoms with Gasteiger partial charge in [-0.25, -0.2) is 28.8 Å². The summed E-state index contributed by atoms with van der Waals surface area (Å²) in [5.41, 5.74) is 0.155. The fourth-order valence-electron chi connectivity index (χ4n) is 6.71. The molecular weight excluding hydrogens is 865 g/mol. The molecule has 0 unspecified atom stereocenters. The summed E-state index contributed by atoms with van der Waals surface area (Å²) >= 11 is 0. The molecule has 4 aromatic carbocycles. The van der Waals surface area contributed by atoms with Gasteiger partial charge in [-0.15, -0.1) is 0 Å². The number of fused-ring (bicyclic) bond motifs is 1. The molecule has 6 rings (SSSR count). The molecule has 18 nitrogen and oxygen atoms in total. The molecule has 66 heavy (non-hydrogen) atoms. The highest BCUT2D eigenvalue weighted by molar-refractivity contribution is 5.97. The van der Waals surface area contributed by atoms with Crippen LogP contribution in [0.4, 0.5) is 0 Å². The van der Waals surface area contributed by atoms with Crippen LogP contribution >= 0.6 is 0 Å². The Morgan fingerprint density at radius 2 is 0.758 bits per heavy atom. The van der Waals surface area contributed by atoms with E-state index in [4.69, 9.17) is 56.8 Å². The van der Waals surface area contributed by atoms with Gasteiger partial charge in [-0.05, 0) is 76.2 Å². The van der Waals surface area contributed by atoms with E-state index in [9.17, 15) is 28.8 Å². The minimum Gasteiger partial charge on any atom is -0.493 e. The molecule has 0 N–H and O–H groups in total. The summed E-state index contributed by atoms with van der Waals surface area (Å²) in [4.78, 5) is 77.0. The second-order valence-electron chi connectivity index (χ2n) is 13.9. The summed E-state index contributed by atoms with van der Waals surface area (Å²) in [5, 5.41) is 0. The third-order valence-electron chi connectivity index (χ3n) is 9.56. The Labute approximate surface area is 378 Å². The first-order valence-corrected chi connectivity index (χ1v) is 20.7. The third kappa shape index (κ3) is 11.5. The van der Waals surface area contributed by atoms with Crippen molar-refractivity contribution in [2.24, 2.45) is 0 Å². The zero-order valence-electron chi connectivity index (χ0n) is 36.4. The van der Waals surface area contributed by atoms with Crippen LogP contribution in [0, 0.1) is 0 Å². The minimum absolute atomic E-state index is 0.0289. The van der Waals surface area contributed by atoms with Crippen LogP contribution in [0.15, 0.2) is 98.1 Å². The summed E-state index contributed by atoms with van der Waals surface area (Å²) < 4.78 is 67.6. The molecule has 346 valence electrons. The molecule has 2 fully saturated rings. The molecule has 0 saturated carbocycles. The van der Waals surface area contributed by atoms with Gasteiger partial charge in [-0.1, -0.05) is 13.2 Å². The Balaban J connectivity index is 1.08. The molecule has 18 heteroatoms. The van der Waals surface area contributed by atoms with Gasteiger partial charge in [0.2, 0.25) is 0 Å². The van der Waals surface area contributed by atoms with Crippen LogP contribution in [0.2, 0.25) is 0 Å². The van der Waals surface area contributed by atoms with Crippen LogP contribution in [0.3, 0.4) is 0 Å². The molecule has 2 heterocycles. The summed E-state index contributed by atoms with van der Waals surface area (Å²) in [6.07, 6.45) is -1.35. The largest absolute Gasteiger partial charge is 0.493 e. The van der Waals surface area contributed by atoms with E-state index in [1.165, 1.54) is 72.8 Å². The lowest BCUT2D eigenvalue weighted by molar-refractivity contribution is -0.129. The van der Waals surface area contributed by atoms with Gasteiger partial charge in [0.15, 0.2) is 12.2 Å². The molecule has 4 aromatic rings. The quantitative estimate of drug-likeness (QED) is 0.0529. The van der Waals surface area contributed by atoms with Gasteiger partial charge < -0.3 is 56.8 Å². The van der Waals surface area contributed by atoms with E-state index in [1.807, 2.05) is 0 Å². The van der Waals surface area contributed by atoms with Crippen LogP contribution < -0.4 is 37.9 Å². The Hall–Kier alpha value is -7.70. The molecule has 0 amide bonds. The smallest absolute Gasteiger partial charge is 0.347 e. The Morgan fingerprint density at radius 1 is 0.470 bits per heavy atom. The van der Waals surface area contributed by atoms with E-state index in [0.29, 0.717) is 0 Å². The Kier molecular flexibility index (Phi) is 16.1. The van der Waals surface area contributed by atoms with Crippen molar-refractivity contribution in [3.8, 4) is 46.0 Å². The Morgan fingerprint density at radius 3 is 1.05 bits per heavy atom. The lowest BCUT2D eigenvalue weighted by atomic mass is 10.1. The van der Waals surface area contributed by atoms with Crippen molar-refractivity contribution in [3.05, 3.63) is 120 Å². The molecule has 4 atom stereocenters. The summed E-state index contributed by atoms with van der Waals surface area (Å²) in [5.74, 6) is -3.77. The van der Waals surface area contributed by atoms with Gasteiger partial charge in [0.1, 0.15) is 80.5 Å². The van der Waals surface area contributed by atoms with E-state index in [0.717, 1.165) is 12.2 Å². The van der Waals surface area contributed by atoms with Crippen molar-refractivity contribution in [3.63, 3.8) is 0 Å². The number of ether oxygens (including phenoxy) is 12. The lowest BCUT2D eigenvalue weighted by Crippen LogP contribution is -2.36. The van der Waals surface area contributed by atoms with Crippen LogP contribution in [0.1, 0.15) is 69.1 Å². The molecule has 0 aromatic heterocycles. The van der Waals surface area contributed by atoms with Gasteiger partial charge in [0.25, 0.3) is 0 Å². The van der Waals surface area contributed by atoms with E-state index in [-0.39, 0.29) is 108 Å². The van der Waals surface area contributed by atoms with Crippen molar-refractivity contribution in [2.75, 3.05) is 39.6 Å². The van der Waals surface area contributed by atoms with Crippen molar-refractivity contribution < 1.29 is 85.6 Å². The summed E-state index contributed by atoms with van der Waals surface area (Å²) in [6, 6.07) is 16.6. The van der Waals surface area contributed by atoms with E-state index >= 15 is 0 Å². The first kappa shape index (κ1) is 47.8. The van der Waals surface area contributed by atoms with E-state index in [1.54, 1.807) is 27.7 Å². The maximum absolute atomic E-state index is 13.6. The van der Waals surface area contributed by atoms with Crippen LogP contribution in [0.5, 0.6) is 46.0 Å². The first-order valence-electron chi connectivity index (χ1n) is 20.7. The van der Waals surface area contributed by atoms with Crippen molar-refractivity contribution in [1.29, 1.82) is 0 Å². The van der Waals surface area contributed by atoms with Gasteiger partial charge in [-0.2, -0.15) is 0 Å². The predicted molar refractivity (Wildman–Crippen MR) is 230 cm³/mol. The van der Waals surface area contributed by atoms with Crippen LogP contribution in [0.25, 0.3) is 0 Å². The predicted octanol–water partition coefficient (Wildman–Crippen LogP) is 6.45. The highest BCUT2D eigenvalue weighted by atomic mass is 16.7. The van der Waals surface area contributed by atoms with Gasteiger partial charge in [0.05, 0.1) is 39.6 Å². The molecule has 0 bridgehead atoms. The number of carbonyl (C=O) groups is 6. The Bertz CT molecular complexity index is 2320. The first-order chi connectivity index (χ1) is 31.9. The second-order valence-corrected chi connectivity index (χ2v) is 13.9. The lowest BCUT2D eigenvalue weighted by Gasteiger charge is -2.19. The van der Waals surface area contributed by atoms with Crippen LogP contribution in [-0.2, 0) is 28.5 Å². The monoisotopic (exact) mass is 910 g/mol. The normalized spacial score (nSPS) is 17.0. The van der Waals surface area contributed by atoms with E-state index in [2.05, 4.69) is 13.2 Å². The molecule has 0 aliphatic carbocycles. The zero-order valence-corrected chi connectivity index (χ0v) is 36.4. The molecule has 2 aliphatic heterocycles. The fraction of sp³-hybridized carbons (Fsp3) is 0.292. The van der Waals surface area contributed by atoms with Crippen LogP contribution in [-0.4, -0.2) is 99.9 Å². The molecular formula is C48H46O18. The standard InChI is InChI=1S/C48H46O18/c1-7-41(49)61-27-13-17-31(35(21-27)55-9-3)45(51)63-29-15-19-33(37(23-29)57-11-5)47(53)65-39-25-59-44-40(26-60-43(39)44)66-48(54)34-20-16-30(24-38(34)58-12-6)64-46(52)32-18-14-28(62-42(50)8-2)22-36(32)56-10-4/h7-8,13-24,39-40,43-44H,1-2,9-12,25-26H2,3-6H3/t39-,40+,43-,44-/m1/s1. The SMILES string of the molecule is C=CC(=O)Oc1ccc(C(=O)Oc2ccc(C(=O)O[C@H]3CO[C@H]4[C@@H]3OC[C@H]4OC(=O)c3ccc(OC(=O)c4ccc(OC(=O)C=C)cc4OCC)cc3OCC)c(OCC)c2)c(OCC)c1. The van der Waals surface area contributed by atoms with E-state index < -0.39 is 60.2 Å². The number of benzene rings is 4. The van der Waals surface area contributed by atoms with Crippen molar-refractivity contribution >= 4 is 35.8 Å². The molecule has 0 radical (unpaired) electrons. The van der Waals surface area contributed by atoms with Gasteiger partial charge in [-0.3, -0.25) is 0 Å². The summed E-state index contributed by atoms with van der Waals surface area (Å²) in [6.45, 7) is 14.2. The minimum atomic E-state index is -0.890. The van der Waals surface area contributed by atoms with Gasteiger partial charge >= 0.3 is 35.8 Å². The third-order valence-corrected chi connectivity index (χ3v) is 9.56. The molecule has 2 aliphatic rings.